The van der Waals surface area contributed by atoms with Gasteiger partial charge in [0.25, 0.3) is 0 Å². The Morgan fingerprint density at radius 3 is 2.30 bits per heavy atom. The van der Waals surface area contributed by atoms with Gasteiger partial charge in [-0.15, -0.1) is 0 Å². The van der Waals surface area contributed by atoms with Crippen molar-refractivity contribution in [2.75, 3.05) is 13.7 Å². The fourth-order valence-electron chi connectivity index (χ4n) is 1.66. The number of methoxy groups -OCH3 is 1. The monoisotopic (exact) mass is 339 g/mol. The largest absolute Gasteiger partial charge is 0.497 e. The van der Waals surface area contributed by atoms with Gasteiger partial charge in [0.2, 0.25) is 5.91 Å². The Kier molecular flexibility index (Phi) is 7.61. The molecule has 0 aliphatic rings. The van der Waals surface area contributed by atoms with Gasteiger partial charge >= 0.3 is 0 Å². The first-order valence-electron chi connectivity index (χ1n) is 7.44. The average molecular weight is 339 g/mol. The second-order valence-electron chi connectivity index (χ2n) is 6.00. The van der Waals surface area contributed by atoms with Crippen molar-refractivity contribution in [2.45, 2.75) is 39.2 Å². The molecule has 3 N–H and O–H groups in total. The molecule has 1 amide bonds. The van der Waals surface area contributed by atoms with E-state index in [4.69, 9.17) is 21.7 Å². The highest BCUT2D eigenvalue weighted by molar-refractivity contribution is 7.80. The van der Waals surface area contributed by atoms with Crippen LogP contribution in [0.25, 0.3) is 0 Å². The van der Waals surface area contributed by atoms with Crippen molar-refractivity contribution in [3.05, 3.63) is 24.3 Å². The van der Waals surface area contributed by atoms with Gasteiger partial charge in [0.1, 0.15) is 11.5 Å². The lowest BCUT2D eigenvalue weighted by molar-refractivity contribution is -0.121. The van der Waals surface area contributed by atoms with Crippen LogP contribution in [0.15, 0.2) is 24.3 Å². The maximum Gasteiger partial charge on any atom is 0.238 e. The Labute approximate surface area is 142 Å². The maximum absolute atomic E-state index is 11.7. The number of carbonyl (C=O) groups is 1. The number of hydrazine groups is 1. The molecule has 0 aliphatic carbocycles. The standard InChI is InChI=1S/C16H25N3O3S/c1-16(2,3)17-15(23)19-18-14(20)6-5-11-22-13-9-7-12(21-4)8-10-13/h7-10H,5-6,11H2,1-4H3,(H,18,20)(H2,17,19,23). The Bertz CT molecular complexity index is 512. The molecule has 0 aromatic heterocycles. The summed E-state index contributed by atoms with van der Waals surface area (Å²) in [5, 5.41) is 3.43. The zero-order valence-corrected chi connectivity index (χ0v) is 14.9. The molecule has 1 aromatic carbocycles. The summed E-state index contributed by atoms with van der Waals surface area (Å²) in [5.74, 6) is 1.39. The first-order chi connectivity index (χ1) is 10.8. The molecule has 7 heteroatoms. The van der Waals surface area contributed by atoms with E-state index >= 15 is 0 Å². The average Bonchev–Trinajstić information content (AvgIpc) is 2.48. The number of hydrogen-bond donors (Lipinski definition) is 3. The van der Waals surface area contributed by atoms with Gasteiger partial charge in [-0.2, -0.15) is 0 Å². The molecule has 0 fully saturated rings. The number of benzene rings is 1. The second kappa shape index (κ2) is 9.19. The molecular weight excluding hydrogens is 314 g/mol. The maximum atomic E-state index is 11.7. The van der Waals surface area contributed by atoms with Gasteiger partial charge in [0.05, 0.1) is 13.7 Å². The predicted octanol–water partition coefficient (Wildman–Crippen LogP) is 2.15. The van der Waals surface area contributed by atoms with Gasteiger partial charge < -0.3 is 14.8 Å². The first-order valence-corrected chi connectivity index (χ1v) is 7.85. The highest BCUT2D eigenvalue weighted by Crippen LogP contribution is 2.17. The number of carbonyl (C=O) groups excluding carboxylic acids is 1. The Hall–Kier alpha value is -2.02. The summed E-state index contributed by atoms with van der Waals surface area (Å²) in [6.07, 6.45) is 0.959. The third kappa shape index (κ3) is 8.87. The number of rotatable bonds is 6. The molecule has 0 saturated heterocycles. The van der Waals surface area contributed by atoms with E-state index in [9.17, 15) is 4.79 Å². The molecule has 23 heavy (non-hydrogen) atoms. The zero-order valence-electron chi connectivity index (χ0n) is 14.1. The number of ether oxygens (including phenoxy) is 2. The molecule has 128 valence electrons. The fraction of sp³-hybridized carbons (Fsp3) is 0.500. The number of nitrogens with one attached hydrogen (secondary N) is 3. The fourth-order valence-corrected chi connectivity index (χ4v) is 2.01. The topological polar surface area (TPSA) is 71.6 Å². The molecule has 0 atom stereocenters. The summed E-state index contributed by atoms with van der Waals surface area (Å²) < 4.78 is 10.6. The van der Waals surface area contributed by atoms with Crippen LogP contribution in [0, 0.1) is 0 Å². The van der Waals surface area contributed by atoms with Crippen LogP contribution < -0.4 is 25.6 Å². The molecule has 0 saturated carbocycles. The van der Waals surface area contributed by atoms with Crippen molar-refractivity contribution >= 4 is 23.2 Å². The lowest BCUT2D eigenvalue weighted by atomic mass is 10.1. The van der Waals surface area contributed by atoms with E-state index in [0.29, 0.717) is 24.6 Å². The summed E-state index contributed by atoms with van der Waals surface area (Å²) in [6, 6.07) is 7.32. The highest BCUT2D eigenvalue weighted by atomic mass is 32.1. The lowest BCUT2D eigenvalue weighted by Crippen LogP contribution is -2.52. The Morgan fingerprint density at radius 1 is 1.13 bits per heavy atom. The van der Waals surface area contributed by atoms with Crippen LogP contribution in [-0.2, 0) is 4.79 Å². The molecule has 1 aromatic rings. The molecule has 0 aliphatic heterocycles. The molecule has 0 unspecified atom stereocenters. The van der Waals surface area contributed by atoms with Crippen molar-refractivity contribution in [1.82, 2.24) is 16.2 Å². The van der Waals surface area contributed by atoms with E-state index in [1.165, 1.54) is 0 Å². The zero-order chi connectivity index (χ0) is 17.3. The minimum atomic E-state index is -0.152. The molecule has 1 rings (SSSR count). The summed E-state index contributed by atoms with van der Waals surface area (Å²) in [5.41, 5.74) is 5.08. The lowest BCUT2D eigenvalue weighted by Gasteiger charge is -2.23. The highest BCUT2D eigenvalue weighted by Gasteiger charge is 2.11. The molecular formula is C16H25N3O3S. The summed E-state index contributed by atoms with van der Waals surface area (Å²) in [7, 11) is 1.62. The third-order valence-corrected chi connectivity index (χ3v) is 2.88. The van der Waals surface area contributed by atoms with E-state index in [1.807, 2.05) is 45.0 Å². The molecule has 6 nitrogen and oxygen atoms in total. The van der Waals surface area contributed by atoms with Crippen LogP contribution in [0.1, 0.15) is 33.6 Å². The minimum absolute atomic E-state index is 0.138. The summed E-state index contributed by atoms with van der Waals surface area (Å²) >= 11 is 5.07. The third-order valence-electron chi connectivity index (χ3n) is 2.68. The van der Waals surface area contributed by atoms with E-state index in [2.05, 4.69) is 16.2 Å². The van der Waals surface area contributed by atoms with Crippen LogP contribution in [0.5, 0.6) is 11.5 Å². The van der Waals surface area contributed by atoms with Crippen molar-refractivity contribution in [2.24, 2.45) is 0 Å². The SMILES string of the molecule is COc1ccc(OCCCC(=O)NNC(=S)NC(C)(C)C)cc1. The van der Waals surface area contributed by atoms with Crippen LogP contribution in [-0.4, -0.2) is 30.3 Å². The number of hydrogen-bond acceptors (Lipinski definition) is 4. The summed E-state index contributed by atoms with van der Waals surface area (Å²) in [6.45, 7) is 6.42. The molecule has 0 radical (unpaired) electrons. The van der Waals surface area contributed by atoms with E-state index in [1.54, 1.807) is 7.11 Å². The van der Waals surface area contributed by atoms with Crippen LogP contribution in [0.3, 0.4) is 0 Å². The van der Waals surface area contributed by atoms with Gasteiger partial charge in [0.15, 0.2) is 5.11 Å². The quantitative estimate of drug-likeness (QED) is 0.419. The van der Waals surface area contributed by atoms with Crippen molar-refractivity contribution in [3.63, 3.8) is 0 Å². The Morgan fingerprint density at radius 2 is 1.74 bits per heavy atom. The number of amides is 1. The van der Waals surface area contributed by atoms with Crippen LogP contribution in [0.2, 0.25) is 0 Å². The van der Waals surface area contributed by atoms with Gasteiger partial charge in [-0.05, 0) is 63.7 Å². The Balaban J connectivity index is 2.15. The van der Waals surface area contributed by atoms with Crippen LogP contribution >= 0.6 is 12.2 Å². The van der Waals surface area contributed by atoms with Gasteiger partial charge in [0, 0.05) is 12.0 Å². The summed E-state index contributed by atoms with van der Waals surface area (Å²) in [4.78, 5) is 11.7. The smallest absolute Gasteiger partial charge is 0.238 e. The normalized spacial score (nSPS) is 10.6. The van der Waals surface area contributed by atoms with Gasteiger partial charge in [-0.25, -0.2) is 0 Å². The van der Waals surface area contributed by atoms with E-state index in [-0.39, 0.29) is 11.4 Å². The predicted molar refractivity (Wildman–Crippen MR) is 94.5 cm³/mol. The van der Waals surface area contributed by atoms with Crippen LogP contribution in [0.4, 0.5) is 0 Å². The van der Waals surface area contributed by atoms with E-state index < -0.39 is 0 Å². The number of thiocarbonyl (C=S) groups is 1. The first kappa shape index (κ1) is 19.0. The molecule has 0 heterocycles. The van der Waals surface area contributed by atoms with Gasteiger partial charge in [-0.1, -0.05) is 0 Å². The van der Waals surface area contributed by atoms with Crippen molar-refractivity contribution in [1.29, 1.82) is 0 Å². The van der Waals surface area contributed by atoms with Crippen molar-refractivity contribution < 1.29 is 14.3 Å². The molecule has 0 spiro atoms. The van der Waals surface area contributed by atoms with Gasteiger partial charge in [-0.3, -0.25) is 15.6 Å². The van der Waals surface area contributed by atoms with Crippen molar-refractivity contribution in [3.8, 4) is 11.5 Å². The second-order valence-corrected chi connectivity index (χ2v) is 6.41. The van der Waals surface area contributed by atoms with E-state index in [0.717, 1.165) is 11.5 Å². The molecule has 0 bridgehead atoms. The minimum Gasteiger partial charge on any atom is -0.497 e.